The van der Waals surface area contributed by atoms with E-state index in [1.165, 1.54) is 0 Å². The van der Waals surface area contributed by atoms with Gasteiger partial charge in [-0.05, 0) is 42.9 Å². The van der Waals surface area contributed by atoms with Crippen LogP contribution in [-0.2, 0) is 11.3 Å². The van der Waals surface area contributed by atoms with Crippen LogP contribution in [0.3, 0.4) is 0 Å². The van der Waals surface area contributed by atoms with E-state index in [1.807, 2.05) is 18.2 Å². The predicted molar refractivity (Wildman–Crippen MR) is 91.7 cm³/mol. The molecule has 126 valence electrons. The fraction of sp³-hybridized carbons (Fsp3) is 0.611. The quantitative estimate of drug-likeness (QED) is 0.898. The van der Waals surface area contributed by atoms with E-state index >= 15 is 0 Å². The van der Waals surface area contributed by atoms with Crippen LogP contribution in [0.5, 0.6) is 5.75 Å². The number of amides is 1. The van der Waals surface area contributed by atoms with E-state index in [9.17, 15) is 4.79 Å². The minimum absolute atomic E-state index is 0.327. The monoisotopic (exact) mass is 336 g/mol. The van der Waals surface area contributed by atoms with E-state index in [4.69, 9.17) is 16.3 Å². The van der Waals surface area contributed by atoms with Crippen molar-refractivity contribution in [3.8, 4) is 5.75 Å². The molecule has 0 aromatic heterocycles. The highest BCUT2D eigenvalue weighted by Gasteiger charge is 2.36. The van der Waals surface area contributed by atoms with Crippen molar-refractivity contribution in [2.45, 2.75) is 38.8 Å². The molecule has 23 heavy (non-hydrogen) atoms. The summed E-state index contributed by atoms with van der Waals surface area (Å²) < 4.78 is 5.18. The molecule has 0 unspecified atom stereocenters. The summed E-state index contributed by atoms with van der Waals surface area (Å²) in [7, 11) is 1.62. The number of benzene rings is 1. The van der Waals surface area contributed by atoms with Crippen molar-refractivity contribution < 1.29 is 9.53 Å². The maximum atomic E-state index is 12.2. The molecule has 1 aliphatic heterocycles. The molecule has 2 aliphatic rings. The third-order valence-electron chi connectivity index (χ3n) is 4.93. The van der Waals surface area contributed by atoms with Gasteiger partial charge in [-0.15, -0.1) is 0 Å². The van der Waals surface area contributed by atoms with Crippen LogP contribution < -0.4 is 10.1 Å². The minimum atomic E-state index is 0.327. The number of methoxy groups -OCH3 is 1. The van der Waals surface area contributed by atoms with Crippen LogP contribution in [0.25, 0.3) is 0 Å². The molecule has 5 heteroatoms. The average molecular weight is 337 g/mol. The van der Waals surface area contributed by atoms with Crippen molar-refractivity contribution >= 4 is 17.5 Å². The second-order valence-electron chi connectivity index (χ2n) is 6.78. The smallest absolute Gasteiger partial charge is 0.225 e. The molecular weight excluding hydrogens is 312 g/mol. The Kier molecular flexibility index (Phi) is 5.12. The van der Waals surface area contributed by atoms with E-state index < -0.39 is 0 Å². The topological polar surface area (TPSA) is 41.6 Å². The number of hydrogen-bond acceptors (Lipinski definition) is 3. The summed E-state index contributed by atoms with van der Waals surface area (Å²) in [4.78, 5) is 14.2. The van der Waals surface area contributed by atoms with Crippen LogP contribution in [0.4, 0.5) is 0 Å². The number of likely N-dealkylation sites (tertiary alicyclic amines) is 1. The number of halogens is 1. The normalized spacial score (nSPS) is 24.6. The Hall–Kier alpha value is -1.26. The fourth-order valence-electron chi connectivity index (χ4n) is 3.31. The lowest BCUT2D eigenvalue weighted by atomic mass is 9.93. The molecule has 0 spiro atoms. The Labute approximate surface area is 143 Å². The van der Waals surface area contributed by atoms with Gasteiger partial charge in [-0.1, -0.05) is 24.6 Å². The summed E-state index contributed by atoms with van der Waals surface area (Å²) in [6.07, 6.45) is 3.19. The first-order valence-electron chi connectivity index (χ1n) is 8.43. The Balaban J connectivity index is 1.51. The Bertz CT molecular complexity index is 574. The van der Waals surface area contributed by atoms with Crippen molar-refractivity contribution in [1.29, 1.82) is 0 Å². The SMILES string of the molecule is COc1ccc(CN[C@H]2CCN(C(=O)C3CC3)C[C@H]2C)cc1Cl. The largest absolute Gasteiger partial charge is 0.495 e. The molecule has 0 radical (unpaired) electrons. The predicted octanol–water partition coefficient (Wildman–Crippen LogP) is 3.09. The zero-order chi connectivity index (χ0) is 16.4. The third kappa shape index (κ3) is 3.99. The molecule has 3 rings (SSSR count). The maximum absolute atomic E-state index is 12.2. The van der Waals surface area contributed by atoms with Crippen LogP contribution in [0.2, 0.25) is 5.02 Å². The second kappa shape index (κ2) is 7.10. The van der Waals surface area contributed by atoms with Gasteiger partial charge in [0, 0.05) is 31.6 Å². The van der Waals surface area contributed by atoms with Gasteiger partial charge in [0.1, 0.15) is 5.75 Å². The summed E-state index contributed by atoms with van der Waals surface area (Å²) in [6.45, 7) is 4.76. The van der Waals surface area contributed by atoms with Crippen molar-refractivity contribution in [3.63, 3.8) is 0 Å². The van der Waals surface area contributed by atoms with E-state index in [1.54, 1.807) is 7.11 Å². The number of rotatable bonds is 5. The van der Waals surface area contributed by atoms with E-state index in [-0.39, 0.29) is 0 Å². The Morgan fingerprint density at radius 1 is 1.39 bits per heavy atom. The number of piperidine rings is 1. The van der Waals surface area contributed by atoms with Crippen molar-refractivity contribution in [3.05, 3.63) is 28.8 Å². The summed E-state index contributed by atoms with van der Waals surface area (Å²) in [6, 6.07) is 6.33. The van der Waals surface area contributed by atoms with Gasteiger partial charge in [0.15, 0.2) is 0 Å². The van der Waals surface area contributed by atoms with Crippen molar-refractivity contribution in [2.24, 2.45) is 11.8 Å². The highest BCUT2D eigenvalue weighted by Crippen LogP contribution is 2.32. The molecule has 1 heterocycles. The van der Waals surface area contributed by atoms with Gasteiger partial charge in [-0.3, -0.25) is 4.79 Å². The molecule has 2 fully saturated rings. The zero-order valence-electron chi connectivity index (χ0n) is 13.8. The number of nitrogens with one attached hydrogen (secondary N) is 1. The molecule has 1 saturated heterocycles. The summed E-state index contributed by atoms with van der Waals surface area (Å²) >= 11 is 6.17. The molecule has 1 amide bonds. The van der Waals surface area contributed by atoms with Gasteiger partial charge in [-0.25, -0.2) is 0 Å². The van der Waals surface area contributed by atoms with E-state index in [2.05, 4.69) is 17.1 Å². The molecule has 1 aromatic rings. The Morgan fingerprint density at radius 2 is 2.17 bits per heavy atom. The number of hydrogen-bond donors (Lipinski definition) is 1. The standard InChI is InChI=1S/C18H25ClN2O2/c1-12-11-21(18(22)14-4-5-14)8-7-16(12)20-10-13-3-6-17(23-2)15(19)9-13/h3,6,9,12,14,16,20H,4-5,7-8,10-11H2,1-2H3/t12-,16+/m1/s1. The number of ether oxygens (including phenoxy) is 1. The molecule has 1 aliphatic carbocycles. The molecule has 1 saturated carbocycles. The van der Waals surface area contributed by atoms with Gasteiger partial charge in [0.25, 0.3) is 0 Å². The van der Waals surface area contributed by atoms with Crippen LogP contribution in [0, 0.1) is 11.8 Å². The number of carbonyl (C=O) groups is 1. The van der Waals surface area contributed by atoms with Gasteiger partial charge < -0.3 is 15.0 Å². The average Bonchev–Trinajstić information content (AvgIpc) is 3.38. The van der Waals surface area contributed by atoms with Crippen LogP contribution in [0.1, 0.15) is 31.7 Å². The molecule has 0 bridgehead atoms. The minimum Gasteiger partial charge on any atom is -0.495 e. The lowest BCUT2D eigenvalue weighted by Crippen LogP contribution is -2.50. The van der Waals surface area contributed by atoms with Crippen molar-refractivity contribution in [2.75, 3.05) is 20.2 Å². The molecule has 2 atom stereocenters. The lowest BCUT2D eigenvalue weighted by Gasteiger charge is -2.37. The Morgan fingerprint density at radius 3 is 2.78 bits per heavy atom. The lowest BCUT2D eigenvalue weighted by molar-refractivity contribution is -0.134. The number of carbonyl (C=O) groups excluding carboxylic acids is 1. The third-order valence-corrected chi connectivity index (χ3v) is 5.22. The molecule has 1 N–H and O–H groups in total. The molecular formula is C18H25ClN2O2. The molecule has 1 aromatic carbocycles. The summed E-state index contributed by atoms with van der Waals surface area (Å²) in [5, 5.41) is 4.26. The maximum Gasteiger partial charge on any atom is 0.225 e. The van der Waals surface area contributed by atoms with Crippen LogP contribution >= 0.6 is 11.6 Å². The molecule has 4 nitrogen and oxygen atoms in total. The van der Waals surface area contributed by atoms with Gasteiger partial charge in [0.05, 0.1) is 12.1 Å². The van der Waals surface area contributed by atoms with Crippen LogP contribution in [-0.4, -0.2) is 37.0 Å². The first kappa shape index (κ1) is 16.6. The van der Waals surface area contributed by atoms with E-state index in [0.29, 0.717) is 34.6 Å². The van der Waals surface area contributed by atoms with Crippen molar-refractivity contribution in [1.82, 2.24) is 10.2 Å². The second-order valence-corrected chi connectivity index (χ2v) is 7.19. The first-order chi connectivity index (χ1) is 11.1. The van der Waals surface area contributed by atoms with E-state index in [0.717, 1.165) is 44.5 Å². The summed E-state index contributed by atoms with van der Waals surface area (Å²) in [5.41, 5.74) is 1.15. The fourth-order valence-corrected chi connectivity index (χ4v) is 3.59. The van der Waals surface area contributed by atoms with Gasteiger partial charge in [0.2, 0.25) is 5.91 Å². The highest BCUT2D eigenvalue weighted by molar-refractivity contribution is 6.32. The van der Waals surface area contributed by atoms with Crippen LogP contribution in [0.15, 0.2) is 18.2 Å². The number of nitrogens with zero attached hydrogens (tertiary/aromatic N) is 1. The zero-order valence-corrected chi connectivity index (χ0v) is 14.6. The van der Waals surface area contributed by atoms with Gasteiger partial charge in [-0.2, -0.15) is 0 Å². The highest BCUT2D eigenvalue weighted by atomic mass is 35.5. The first-order valence-corrected chi connectivity index (χ1v) is 8.81. The summed E-state index contributed by atoms with van der Waals surface area (Å²) in [5.74, 6) is 1.88. The van der Waals surface area contributed by atoms with Gasteiger partial charge >= 0.3 is 0 Å².